The van der Waals surface area contributed by atoms with Crippen LogP contribution in [-0.4, -0.2) is 9.97 Å². The van der Waals surface area contributed by atoms with E-state index in [9.17, 15) is 0 Å². The Kier molecular flexibility index (Phi) is 8.05. The molecule has 0 N–H and O–H groups in total. The first kappa shape index (κ1) is 30.4. The van der Waals surface area contributed by atoms with Gasteiger partial charge in [0.15, 0.2) is 0 Å². The molecule has 4 nitrogen and oxygen atoms in total. The number of benzene rings is 4. The molecule has 0 aliphatic carbocycles. The van der Waals surface area contributed by atoms with Gasteiger partial charge in [-0.3, -0.25) is 0 Å². The summed E-state index contributed by atoms with van der Waals surface area (Å²) in [6.07, 6.45) is 8.41. The average molecular weight is 678 g/mol. The third-order valence-corrected chi connectivity index (χ3v) is 8.86. The molecule has 0 spiro atoms. The summed E-state index contributed by atoms with van der Waals surface area (Å²) in [6, 6.07) is 50.0. The van der Waals surface area contributed by atoms with E-state index in [-0.39, 0.29) is 19.5 Å². The largest absolute Gasteiger partial charge is 2.00 e. The number of fused-ring (bicyclic) bond motifs is 8. The van der Waals surface area contributed by atoms with Crippen LogP contribution in [0.3, 0.4) is 0 Å². The van der Waals surface area contributed by atoms with Gasteiger partial charge in [-0.15, -0.1) is 22.1 Å². The molecule has 5 heteroatoms. The minimum atomic E-state index is 0. The van der Waals surface area contributed by atoms with Gasteiger partial charge in [-0.1, -0.05) is 146 Å². The van der Waals surface area contributed by atoms with Crippen molar-refractivity contribution >= 4 is 46.4 Å². The van der Waals surface area contributed by atoms with Crippen LogP contribution in [0.1, 0.15) is 22.8 Å². The van der Waals surface area contributed by atoms with Crippen LogP contribution in [0.4, 0.5) is 0 Å². The molecule has 0 saturated carbocycles. The number of aromatic nitrogens is 4. The zero-order valence-corrected chi connectivity index (χ0v) is 29.6. The molecule has 2 aliphatic heterocycles. The summed E-state index contributed by atoms with van der Waals surface area (Å²) >= 11 is 0. The van der Waals surface area contributed by atoms with Crippen molar-refractivity contribution in [3.63, 3.8) is 0 Å². The van der Waals surface area contributed by atoms with Gasteiger partial charge in [-0.2, -0.15) is 0 Å². The molecular weight excluding hydrogens is 650 g/mol. The molecule has 3 aromatic heterocycles. The van der Waals surface area contributed by atoms with Crippen molar-refractivity contribution in [2.75, 3.05) is 0 Å². The van der Waals surface area contributed by atoms with Gasteiger partial charge in [0, 0.05) is 0 Å². The van der Waals surface area contributed by atoms with E-state index in [1.807, 2.05) is 24.3 Å². The summed E-state index contributed by atoms with van der Waals surface area (Å²) in [4.78, 5) is 21.2. The molecular formula is C44H28N4Zn. The number of hydrogen-bond donors (Lipinski definition) is 0. The second kappa shape index (κ2) is 13.0. The third kappa shape index (κ3) is 5.59. The van der Waals surface area contributed by atoms with Crippen LogP contribution in [0.2, 0.25) is 0 Å². The van der Waals surface area contributed by atoms with E-state index in [4.69, 9.17) is 19.9 Å². The fourth-order valence-corrected chi connectivity index (χ4v) is 6.69. The first-order chi connectivity index (χ1) is 23.8. The second-order valence-corrected chi connectivity index (χ2v) is 11.8. The topological polar surface area (TPSA) is 54.0 Å². The Morgan fingerprint density at radius 2 is 0.510 bits per heavy atom. The molecule has 49 heavy (non-hydrogen) atoms. The molecule has 0 saturated heterocycles. The first-order valence-corrected chi connectivity index (χ1v) is 16.1. The van der Waals surface area contributed by atoms with Crippen LogP contribution in [0.25, 0.3) is 90.9 Å². The smallest absolute Gasteiger partial charge is 0.657 e. The molecule has 2 aliphatic rings. The third-order valence-electron chi connectivity index (χ3n) is 8.86. The van der Waals surface area contributed by atoms with Crippen molar-refractivity contribution in [3.05, 3.63) is 168 Å². The average Bonchev–Trinajstić information content (AvgIpc) is 3.98. The van der Waals surface area contributed by atoms with Crippen molar-refractivity contribution < 1.29 is 19.5 Å². The number of rotatable bonds is 4. The van der Waals surface area contributed by atoms with Gasteiger partial charge in [0.05, 0.1) is 22.8 Å². The Morgan fingerprint density at radius 3 is 0.735 bits per heavy atom. The molecule has 8 bridgehead atoms. The van der Waals surface area contributed by atoms with E-state index in [1.54, 1.807) is 0 Å². The first-order valence-electron chi connectivity index (χ1n) is 16.1. The van der Waals surface area contributed by atoms with Crippen LogP contribution < -0.4 is 9.97 Å². The number of nitrogens with zero attached hydrogens (tertiary/aromatic N) is 4. The monoisotopic (exact) mass is 676 g/mol. The summed E-state index contributed by atoms with van der Waals surface area (Å²) in [5.41, 5.74) is 15.0. The van der Waals surface area contributed by atoms with Gasteiger partial charge in [-0.25, -0.2) is 9.97 Å². The maximum Gasteiger partial charge on any atom is 2.00 e. The molecule has 5 heterocycles. The van der Waals surface area contributed by atoms with Gasteiger partial charge < -0.3 is 9.97 Å². The normalized spacial score (nSPS) is 11.8. The van der Waals surface area contributed by atoms with Crippen LogP contribution >= 0.6 is 0 Å². The van der Waals surface area contributed by atoms with E-state index >= 15 is 0 Å². The van der Waals surface area contributed by atoms with E-state index in [1.165, 1.54) is 0 Å². The molecule has 7 aromatic rings. The van der Waals surface area contributed by atoms with E-state index in [0.29, 0.717) is 0 Å². The fraction of sp³-hybridized carbons (Fsp3) is 0. The number of hydrogen-bond acceptors (Lipinski definition) is 2. The van der Waals surface area contributed by atoms with Crippen molar-refractivity contribution in [2.45, 2.75) is 0 Å². The zero-order chi connectivity index (χ0) is 31.9. The van der Waals surface area contributed by atoms with E-state index in [0.717, 1.165) is 89.4 Å². The summed E-state index contributed by atoms with van der Waals surface area (Å²) in [5, 5.41) is 0. The summed E-state index contributed by atoms with van der Waals surface area (Å²) < 4.78 is 0. The minimum Gasteiger partial charge on any atom is -0.657 e. The SMILES string of the molecule is C1=Cc2nc1c(-c1ccccc1)c1ccc([n-]1)c(-c1ccccc1)c1nc(c(-c3ccccc3)c3ccc([n-]3)c2-c2ccccc2)C=C1.[Zn+2]. The predicted octanol–water partition coefficient (Wildman–Crippen LogP) is 10.6. The summed E-state index contributed by atoms with van der Waals surface area (Å²) in [6.45, 7) is 0. The van der Waals surface area contributed by atoms with Crippen LogP contribution in [-0.2, 0) is 19.5 Å². The molecule has 0 unspecified atom stereocenters. The standard InChI is InChI=1S/C44H28N4.Zn/c1-5-13-29(14-6-1)41-33-21-23-35(45-33)42(30-15-7-2-8-16-30)37-25-27-39(47-37)44(32-19-11-4-12-20-32)40-28-26-38(48-40)43(31-17-9-3-10-18-31)36-24-22-34(41)46-36;/h1-28H;/q-2;+2. The van der Waals surface area contributed by atoms with Crippen LogP contribution in [0.15, 0.2) is 146 Å². The molecule has 4 aromatic carbocycles. The quantitative estimate of drug-likeness (QED) is 0.174. The zero-order valence-electron chi connectivity index (χ0n) is 26.7. The molecule has 0 atom stereocenters. The van der Waals surface area contributed by atoms with Crippen molar-refractivity contribution in [1.82, 2.24) is 19.9 Å². The fourth-order valence-electron chi connectivity index (χ4n) is 6.69. The van der Waals surface area contributed by atoms with Gasteiger partial charge in [0.2, 0.25) is 0 Å². The molecule has 0 fully saturated rings. The summed E-state index contributed by atoms with van der Waals surface area (Å²) in [7, 11) is 0. The van der Waals surface area contributed by atoms with E-state index < -0.39 is 0 Å². The van der Waals surface area contributed by atoms with E-state index in [2.05, 4.69) is 146 Å². The molecule has 9 rings (SSSR count). The van der Waals surface area contributed by atoms with Crippen molar-refractivity contribution in [1.29, 1.82) is 0 Å². The Balaban J connectivity index is 0.00000348. The Labute approximate surface area is 297 Å². The maximum absolute atomic E-state index is 5.31. The minimum absolute atomic E-state index is 0. The Bertz CT molecular complexity index is 2180. The molecule has 226 valence electrons. The van der Waals surface area contributed by atoms with Crippen molar-refractivity contribution in [3.8, 4) is 44.5 Å². The Morgan fingerprint density at radius 1 is 0.286 bits per heavy atom. The van der Waals surface area contributed by atoms with Gasteiger partial charge in [0.25, 0.3) is 0 Å². The van der Waals surface area contributed by atoms with Crippen LogP contribution in [0.5, 0.6) is 0 Å². The summed E-state index contributed by atoms with van der Waals surface area (Å²) in [5.74, 6) is 0. The van der Waals surface area contributed by atoms with Crippen molar-refractivity contribution in [2.24, 2.45) is 0 Å². The van der Waals surface area contributed by atoms with Crippen LogP contribution in [0, 0.1) is 0 Å². The predicted molar refractivity (Wildman–Crippen MR) is 199 cm³/mol. The van der Waals surface area contributed by atoms with Gasteiger partial charge in [0.1, 0.15) is 0 Å². The second-order valence-electron chi connectivity index (χ2n) is 11.8. The maximum atomic E-state index is 5.31. The van der Waals surface area contributed by atoms with Gasteiger partial charge in [-0.05, 0) is 68.8 Å². The molecule has 0 radical (unpaired) electrons. The Hall–Kier alpha value is -5.90. The van der Waals surface area contributed by atoms with Gasteiger partial charge >= 0.3 is 19.5 Å². The molecule has 0 amide bonds.